The predicted molar refractivity (Wildman–Crippen MR) is 92.0 cm³/mol. The molecule has 1 heterocycles. The highest BCUT2D eigenvalue weighted by atomic mass is 19.1. The van der Waals surface area contributed by atoms with Crippen molar-refractivity contribution in [2.75, 3.05) is 6.61 Å². The van der Waals surface area contributed by atoms with Gasteiger partial charge >= 0.3 is 6.01 Å². The van der Waals surface area contributed by atoms with Crippen LogP contribution >= 0.6 is 0 Å². The minimum Gasteiger partial charge on any atom is -0.462 e. The van der Waals surface area contributed by atoms with Crippen LogP contribution in [0.3, 0.4) is 0 Å². The summed E-state index contributed by atoms with van der Waals surface area (Å²) >= 11 is 0. The van der Waals surface area contributed by atoms with Crippen molar-refractivity contribution >= 4 is 5.91 Å². The highest BCUT2D eigenvalue weighted by molar-refractivity contribution is 5.97. The van der Waals surface area contributed by atoms with E-state index in [2.05, 4.69) is 10.1 Å². The van der Waals surface area contributed by atoms with Gasteiger partial charge in [0.1, 0.15) is 5.82 Å². The van der Waals surface area contributed by atoms with Crippen LogP contribution in [0.5, 0.6) is 6.01 Å². The van der Waals surface area contributed by atoms with E-state index in [1.807, 2.05) is 13.0 Å². The lowest BCUT2D eigenvalue weighted by molar-refractivity contribution is 0.0944. The molecule has 0 unspecified atom stereocenters. The molecule has 0 fully saturated rings. The van der Waals surface area contributed by atoms with Gasteiger partial charge < -0.3 is 4.74 Å². The third kappa shape index (κ3) is 3.74. The molecule has 5 nitrogen and oxygen atoms in total. The minimum absolute atomic E-state index is 0.0657. The van der Waals surface area contributed by atoms with Crippen molar-refractivity contribution in [3.05, 3.63) is 66.0 Å². The molecular formula is C19H18FN3O2. The van der Waals surface area contributed by atoms with E-state index in [4.69, 9.17) is 4.74 Å². The normalized spacial score (nSPS) is 10.6. The molecule has 0 atom stereocenters. The second-order valence-electron chi connectivity index (χ2n) is 5.48. The Balaban J connectivity index is 2.03. The van der Waals surface area contributed by atoms with E-state index in [0.717, 1.165) is 17.5 Å². The van der Waals surface area contributed by atoms with Gasteiger partial charge in [-0.05, 0) is 30.7 Å². The summed E-state index contributed by atoms with van der Waals surface area (Å²) in [5.74, 6) is -0.743. The summed E-state index contributed by atoms with van der Waals surface area (Å²) in [6.45, 7) is 2.48. The van der Waals surface area contributed by atoms with Crippen molar-refractivity contribution in [1.82, 2.24) is 14.8 Å². The van der Waals surface area contributed by atoms with Crippen molar-refractivity contribution in [3.8, 4) is 17.4 Å². The lowest BCUT2D eigenvalue weighted by Gasteiger charge is -2.05. The molecule has 128 valence electrons. The summed E-state index contributed by atoms with van der Waals surface area (Å²) in [5, 5.41) is 4.14. The summed E-state index contributed by atoms with van der Waals surface area (Å²) in [7, 11) is 0. The minimum atomic E-state index is -0.475. The molecule has 0 aliphatic rings. The van der Waals surface area contributed by atoms with Crippen molar-refractivity contribution in [2.45, 2.75) is 19.8 Å². The van der Waals surface area contributed by atoms with Crippen molar-refractivity contribution < 1.29 is 13.9 Å². The maximum Gasteiger partial charge on any atom is 0.336 e. The number of halogens is 1. The van der Waals surface area contributed by atoms with Crippen LogP contribution in [0.1, 0.15) is 30.1 Å². The molecule has 0 aliphatic heterocycles. The summed E-state index contributed by atoms with van der Waals surface area (Å²) < 4.78 is 20.8. The maximum absolute atomic E-state index is 14.2. The van der Waals surface area contributed by atoms with E-state index >= 15 is 0 Å². The van der Waals surface area contributed by atoms with Crippen LogP contribution in [0.2, 0.25) is 0 Å². The Hall–Kier alpha value is -3.02. The molecule has 0 saturated heterocycles. The number of benzene rings is 2. The van der Waals surface area contributed by atoms with Crippen molar-refractivity contribution in [2.24, 2.45) is 0 Å². The predicted octanol–water partition coefficient (Wildman–Crippen LogP) is 3.95. The van der Waals surface area contributed by atoms with Gasteiger partial charge in [0.15, 0.2) is 5.82 Å². The number of hydrogen-bond donors (Lipinski definition) is 0. The molecule has 0 saturated carbocycles. The molecule has 0 N–H and O–H groups in total. The standard InChI is InChI=1S/C19H18FN3O2/c1-2-3-13-25-19-21-17(15-11-7-8-12-16(15)20)23(22-19)18(24)14-9-5-4-6-10-14/h4-12H,2-3,13H2,1H3. The Kier molecular flexibility index (Phi) is 5.18. The Morgan fingerprint density at radius 1 is 1.12 bits per heavy atom. The lowest BCUT2D eigenvalue weighted by atomic mass is 10.2. The molecule has 2 aromatic carbocycles. The molecule has 0 spiro atoms. The van der Waals surface area contributed by atoms with E-state index in [1.54, 1.807) is 42.5 Å². The zero-order valence-electron chi connectivity index (χ0n) is 13.9. The first-order valence-corrected chi connectivity index (χ1v) is 8.15. The largest absolute Gasteiger partial charge is 0.462 e. The molecular weight excluding hydrogens is 321 g/mol. The Morgan fingerprint density at radius 2 is 1.84 bits per heavy atom. The molecule has 25 heavy (non-hydrogen) atoms. The fourth-order valence-corrected chi connectivity index (χ4v) is 2.32. The van der Waals surface area contributed by atoms with Crippen LogP contribution in [-0.4, -0.2) is 27.3 Å². The van der Waals surface area contributed by atoms with Gasteiger partial charge in [0, 0.05) is 5.56 Å². The molecule has 6 heteroatoms. The van der Waals surface area contributed by atoms with Gasteiger partial charge in [-0.15, -0.1) is 5.10 Å². The molecule has 0 amide bonds. The van der Waals surface area contributed by atoms with Crippen LogP contribution in [0.25, 0.3) is 11.4 Å². The smallest absolute Gasteiger partial charge is 0.336 e. The second-order valence-corrected chi connectivity index (χ2v) is 5.48. The van der Waals surface area contributed by atoms with Gasteiger partial charge in [-0.3, -0.25) is 4.79 Å². The zero-order valence-corrected chi connectivity index (χ0v) is 13.9. The molecule has 3 aromatic rings. The summed E-state index contributed by atoms with van der Waals surface area (Å²) in [6, 6.07) is 14.9. The third-order valence-corrected chi connectivity index (χ3v) is 3.64. The highest BCUT2D eigenvalue weighted by Crippen LogP contribution is 2.24. The number of carbonyl (C=O) groups is 1. The average molecular weight is 339 g/mol. The van der Waals surface area contributed by atoms with Gasteiger partial charge in [-0.25, -0.2) is 4.39 Å². The number of aromatic nitrogens is 3. The van der Waals surface area contributed by atoms with E-state index in [1.165, 1.54) is 6.07 Å². The van der Waals surface area contributed by atoms with Crippen LogP contribution in [0, 0.1) is 5.82 Å². The molecule has 1 aromatic heterocycles. The van der Waals surface area contributed by atoms with Crippen molar-refractivity contribution in [3.63, 3.8) is 0 Å². The molecule has 0 aliphatic carbocycles. The number of hydrogen-bond acceptors (Lipinski definition) is 4. The Morgan fingerprint density at radius 3 is 2.56 bits per heavy atom. The molecule has 3 rings (SSSR count). The van der Waals surface area contributed by atoms with Gasteiger partial charge in [0.05, 0.1) is 12.2 Å². The van der Waals surface area contributed by atoms with Gasteiger partial charge in [-0.2, -0.15) is 9.67 Å². The van der Waals surface area contributed by atoms with Gasteiger partial charge in [-0.1, -0.05) is 43.7 Å². The number of rotatable bonds is 6. The topological polar surface area (TPSA) is 57.0 Å². The number of unbranched alkanes of at least 4 members (excludes halogenated alkanes) is 1. The lowest BCUT2D eigenvalue weighted by Crippen LogP contribution is -2.15. The monoisotopic (exact) mass is 339 g/mol. The van der Waals surface area contributed by atoms with Crippen LogP contribution < -0.4 is 4.74 Å². The van der Waals surface area contributed by atoms with Crippen LogP contribution in [0.4, 0.5) is 4.39 Å². The number of carbonyl (C=O) groups excluding carboxylic acids is 1. The van der Waals surface area contributed by atoms with E-state index in [0.29, 0.717) is 12.2 Å². The maximum atomic E-state index is 14.2. The van der Waals surface area contributed by atoms with Gasteiger partial charge in [0.2, 0.25) is 0 Å². The van der Waals surface area contributed by atoms with Crippen molar-refractivity contribution in [1.29, 1.82) is 0 Å². The molecule has 0 bridgehead atoms. The quantitative estimate of drug-likeness (QED) is 0.638. The summed E-state index contributed by atoms with van der Waals surface area (Å²) in [6.07, 6.45) is 1.81. The summed E-state index contributed by atoms with van der Waals surface area (Å²) in [4.78, 5) is 17.0. The SMILES string of the molecule is CCCCOc1nc(-c2ccccc2F)n(C(=O)c2ccccc2)n1. The Labute approximate surface area is 145 Å². The van der Waals surface area contributed by atoms with Gasteiger partial charge in [0.25, 0.3) is 5.91 Å². The first-order valence-electron chi connectivity index (χ1n) is 8.15. The van der Waals surface area contributed by atoms with Crippen LogP contribution in [0.15, 0.2) is 54.6 Å². The Bertz CT molecular complexity index is 862. The van der Waals surface area contributed by atoms with E-state index in [9.17, 15) is 9.18 Å². The summed E-state index contributed by atoms with van der Waals surface area (Å²) in [5.41, 5.74) is 0.634. The molecule has 0 radical (unpaired) electrons. The first kappa shape index (κ1) is 16.8. The van der Waals surface area contributed by atoms with E-state index < -0.39 is 11.7 Å². The average Bonchev–Trinajstić information content (AvgIpc) is 3.06. The fraction of sp³-hybridized carbons (Fsp3) is 0.211. The number of ether oxygens (including phenoxy) is 1. The van der Waals surface area contributed by atoms with Crippen LogP contribution in [-0.2, 0) is 0 Å². The zero-order chi connectivity index (χ0) is 17.6. The number of nitrogens with zero attached hydrogens (tertiary/aromatic N) is 3. The second kappa shape index (κ2) is 7.70. The fourth-order valence-electron chi connectivity index (χ4n) is 2.32. The van der Waals surface area contributed by atoms with E-state index in [-0.39, 0.29) is 17.4 Å². The first-order chi connectivity index (χ1) is 12.2. The highest BCUT2D eigenvalue weighted by Gasteiger charge is 2.21. The third-order valence-electron chi connectivity index (χ3n) is 3.64.